The zero-order chi connectivity index (χ0) is 7.94. The van der Waals surface area contributed by atoms with E-state index in [0.29, 0.717) is 6.61 Å². The van der Waals surface area contributed by atoms with Gasteiger partial charge in [-0.05, 0) is 18.2 Å². The molecule has 1 aliphatic rings. The molecule has 1 aliphatic heterocycles. The van der Waals surface area contributed by atoms with Crippen molar-refractivity contribution in [3.63, 3.8) is 0 Å². The minimum Gasteiger partial charge on any atom is -0.493 e. The Morgan fingerprint density at radius 2 is 2.36 bits per heavy atom. The molecule has 0 unspecified atom stereocenters. The van der Waals surface area contributed by atoms with Gasteiger partial charge in [0, 0.05) is 17.7 Å². The summed E-state index contributed by atoms with van der Waals surface area (Å²) in [6.07, 6.45) is 9.40. The van der Waals surface area contributed by atoms with Crippen LogP contribution in [0.1, 0.15) is 0 Å². The molecule has 0 radical (unpaired) electrons. The van der Waals surface area contributed by atoms with Crippen LogP contribution in [0, 0.1) is 0 Å². The van der Waals surface area contributed by atoms with Crippen LogP contribution in [-0.2, 0) is 4.74 Å². The first-order valence-electron chi connectivity index (χ1n) is 3.41. The standard InChI is InChI=1S/C8H10BrNO/c9-4-7-11-8-2-1-5-10-6-3-8/h1-3,5-6,10H,4,7H2. The third kappa shape index (κ3) is 3.28. The SMILES string of the molecule is BrCCOC1=CC=CNC=C1. The summed E-state index contributed by atoms with van der Waals surface area (Å²) in [5.41, 5.74) is 0. The Kier molecular flexibility index (Phi) is 3.83. The molecule has 0 saturated carbocycles. The van der Waals surface area contributed by atoms with Crippen LogP contribution in [0.15, 0.2) is 36.4 Å². The molecule has 0 amide bonds. The summed E-state index contributed by atoms with van der Waals surface area (Å²) in [4.78, 5) is 0. The third-order valence-electron chi connectivity index (χ3n) is 1.14. The average Bonchev–Trinajstić information content (AvgIpc) is 2.28. The lowest BCUT2D eigenvalue weighted by Gasteiger charge is -2.01. The van der Waals surface area contributed by atoms with Crippen LogP contribution in [0.2, 0.25) is 0 Å². The van der Waals surface area contributed by atoms with E-state index < -0.39 is 0 Å². The summed E-state index contributed by atoms with van der Waals surface area (Å²) in [6, 6.07) is 0. The maximum Gasteiger partial charge on any atom is 0.120 e. The fourth-order valence-corrected chi connectivity index (χ4v) is 0.854. The molecule has 1 rings (SSSR count). The Morgan fingerprint density at radius 1 is 1.45 bits per heavy atom. The normalized spacial score (nSPS) is 15.2. The highest BCUT2D eigenvalue weighted by Gasteiger charge is 1.91. The molecule has 0 bridgehead atoms. The second kappa shape index (κ2) is 5.02. The predicted octanol–water partition coefficient (Wildman–Crippen LogP) is 1.91. The summed E-state index contributed by atoms with van der Waals surface area (Å²) in [5, 5.41) is 3.81. The molecule has 0 spiro atoms. The van der Waals surface area contributed by atoms with E-state index in [4.69, 9.17) is 4.74 Å². The second-order valence-corrected chi connectivity index (χ2v) is 2.76. The fraction of sp³-hybridized carbons (Fsp3) is 0.250. The van der Waals surface area contributed by atoms with Crippen molar-refractivity contribution in [2.24, 2.45) is 0 Å². The predicted molar refractivity (Wildman–Crippen MR) is 49.2 cm³/mol. The van der Waals surface area contributed by atoms with Crippen LogP contribution >= 0.6 is 15.9 Å². The fourth-order valence-electron chi connectivity index (χ4n) is 0.693. The average molecular weight is 216 g/mol. The van der Waals surface area contributed by atoms with Crippen molar-refractivity contribution < 1.29 is 4.74 Å². The Morgan fingerprint density at radius 3 is 3.18 bits per heavy atom. The summed E-state index contributed by atoms with van der Waals surface area (Å²) < 4.78 is 5.35. The Hall–Kier alpha value is -0.700. The minimum atomic E-state index is 0.698. The lowest BCUT2D eigenvalue weighted by molar-refractivity contribution is 0.246. The largest absolute Gasteiger partial charge is 0.493 e. The summed E-state index contributed by atoms with van der Waals surface area (Å²) in [6.45, 7) is 0.698. The van der Waals surface area contributed by atoms with Crippen LogP contribution in [0.25, 0.3) is 0 Å². The van der Waals surface area contributed by atoms with E-state index in [9.17, 15) is 0 Å². The number of rotatable bonds is 3. The molecule has 3 heteroatoms. The van der Waals surface area contributed by atoms with Crippen molar-refractivity contribution in [2.75, 3.05) is 11.9 Å². The van der Waals surface area contributed by atoms with E-state index in [1.807, 2.05) is 30.6 Å². The monoisotopic (exact) mass is 215 g/mol. The third-order valence-corrected chi connectivity index (χ3v) is 1.47. The number of hydrogen-bond donors (Lipinski definition) is 1. The smallest absolute Gasteiger partial charge is 0.120 e. The van der Waals surface area contributed by atoms with E-state index in [1.165, 1.54) is 0 Å². The molecule has 0 fully saturated rings. The highest BCUT2D eigenvalue weighted by Crippen LogP contribution is 2.02. The van der Waals surface area contributed by atoms with Crippen molar-refractivity contribution in [3.05, 3.63) is 36.4 Å². The summed E-state index contributed by atoms with van der Waals surface area (Å²) in [7, 11) is 0. The molecule has 0 aromatic carbocycles. The Bertz CT molecular complexity index is 196. The van der Waals surface area contributed by atoms with Gasteiger partial charge in [-0.15, -0.1) is 0 Å². The lowest BCUT2D eigenvalue weighted by Crippen LogP contribution is -1.93. The first-order chi connectivity index (χ1) is 5.43. The first kappa shape index (κ1) is 8.40. The number of allylic oxidation sites excluding steroid dienone is 3. The molecule has 0 atom stereocenters. The quantitative estimate of drug-likeness (QED) is 0.727. The van der Waals surface area contributed by atoms with E-state index in [0.717, 1.165) is 11.1 Å². The molecule has 60 valence electrons. The molecule has 1 heterocycles. The molecule has 0 aliphatic carbocycles. The van der Waals surface area contributed by atoms with Gasteiger partial charge in [-0.3, -0.25) is 0 Å². The van der Waals surface area contributed by atoms with E-state index in [2.05, 4.69) is 21.2 Å². The van der Waals surface area contributed by atoms with Crippen molar-refractivity contribution in [1.29, 1.82) is 0 Å². The maximum absolute atomic E-state index is 5.35. The van der Waals surface area contributed by atoms with Crippen molar-refractivity contribution in [2.45, 2.75) is 0 Å². The van der Waals surface area contributed by atoms with Gasteiger partial charge < -0.3 is 10.1 Å². The number of nitrogens with one attached hydrogen (secondary N) is 1. The Labute approximate surface area is 74.8 Å². The van der Waals surface area contributed by atoms with Crippen LogP contribution in [-0.4, -0.2) is 11.9 Å². The molecule has 0 aromatic heterocycles. The van der Waals surface area contributed by atoms with E-state index in [-0.39, 0.29) is 0 Å². The maximum atomic E-state index is 5.35. The van der Waals surface area contributed by atoms with Gasteiger partial charge in [0.2, 0.25) is 0 Å². The van der Waals surface area contributed by atoms with Gasteiger partial charge in [-0.2, -0.15) is 0 Å². The molecule has 11 heavy (non-hydrogen) atoms. The summed E-state index contributed by atoms with van der Waals surface area (Å²) >= 11 is 3.29. The van der Waals surface area contributed by atoms with Crippen molar-refractivity contribution in [1.82, 2.24) is 5.32 Å². The highest BCUT2D eigenvalue weighted by molar-refractivity contribution is 9.09. The molecular weight excluding hydrogens is 206 g/mol. The topological polar surface area (TPSA) is 21.3 Å². The summed E-state index contributed by atoms with van der Waals surface area (Å²) in [5.74, 6) is 0.880. The molecule has 0 saturated heterocycles. The molecular formula is C8H10BrNO. The van der Waals surface area contributed by atoms with Crippen molar-refractivity contribution >= 4 is 15.9 Å². The van der Waals surface area contributed by atoms with Crippen LogP contribution in [0.5, 0.6) is 0 Å². The zero-order valence-corrected chi connectivity index (χ0v) is 7.67. The zero-order valence-electron chi connectivity index (χ0n) is 6.09. The van der Waals surface area contributed by atoms with E-state index >= 15 is 0 Å². The molecule has 2 nitrogen and oxygen atoms in total. The molecule has 0 aromatic rings. The minimum absolute atomic E-state index is 0.698. The number of halogens is 1. The van der Waals surface area contributed by atoms with Crippen molar-refractivity contribution in [3.8, 4) is 0 Å². The van der Waals surface area contributed by atoms with E-state index in [1.54, 1.807) is 0 Å². The van der Waals surface area contributed by atoms with Gasteiger partial charge in [0.05, 0.1) is 6.61 Å². The Balaban J connectivity index is 2.42. The van der Waals surface area contributed by atoms with Crippen LogP contribution < -0.4 is 5.32 Å². The van der Waals surface area contributed by atoms with Crippen LogP contribution in [0.4, 0.5) is 0 Å². The number of hydrogen-bond acceptors (Lipinski definition) is 2. The first-order valence-corrected chi connectivity index (χ1v) is 4.54. The van der Waals surface area contributed by atoms with Gasteiger partial charge in [0.25, 0.3) is 0 Å². The molecule has 1 N–H and O–H groups in total. The highest BCUT2D eigenvalue weighted by atomic mass is 79.9. The second-order valence-electron chi connectivity index (χ2n) is 1.97. The van der Waals surface area contributed by atoms with Gasteiger partial charge in [-0.1, -0.05) is 15.9 Å². The van der Waals surface area contributed by atoms with Gasteiger partial charge in [0.1, 0.15) is 5.76 Å². The van der Waals surface area contributed by atoms with Crippen LogP contribution in [0.3, 0.4) is 0 Å². The van der Waals surface area contributed by atoms with Gasteiger partial charge >= 0.3 is 0 Å². The van der Waals surface area contributed by atoms with Gasteiger partial charge in [0.15, 0.2) is 0 Å². The number of alkyl halides is 1. The van der Waals surface area contributed by atoms with Gasteiger partial charge in [-0.25, -0.2) is 0 Å². The number of ether oxygens (including phenoxy) is 1. The lowest BCUT2D eigenvalue weighted by atomic mass is 10.4.